The number of thiazole rings is 1. The Labute approximate surface area is 176 Å². The largest absolute Gasteiger partial charge is 0.434 e. The number of nitrogens with zero attached hydrogens (tertiary/aromatic N) is 4. The third kappa shape index (κ3) is 6.58. The molecule has 160 valence electrons. The number of imidazole rings is 1. The van der Waals surface area contributed by atoms with E-state index in [9.17, 15) is 13.2 Å². The van der Waals surface area contributed by atoms with Gasteiger partial charge >= 0.3 is 6.18 Å². The molecule has 0 amide bonds. The van der Waals surface area contributed by atoms with E-state index in [0.29, 0.717) is 37.0 Å². The third-order valence-electron chi connectivity index (χ3n) is 4.18. The van der Waals surface area contributed by atoms with Crippen LogP contribution >= 0.6 is 11.3 Å². The molecule has 0 bridgehead atoms. The number of aromatic nitrogens is 3. The summed E-state index contributed by atoms with van der Waals surface area (Å²) < 4.78 is 39.9. The predicted molar refractivity (Wildman–Crippen MR) is 111 cm³/mol. The maximum atomic E-state index is 12.6. The first kappa shape index (κ1) is 21.8. The lowest BCUT2D eigenvalue weighted by molar-refractivity contribution is -0.140. The number of nitrogens with one attached hydrogen (secondary N) is 2. The van der Waals surface area contributed by atoms with Crippen molar-refractivity contribution in [1.29, 1.82) is 0 Å². The summed E-state index contributed by atoms with van der Waals surface area (Å²) in [4.78, 5) is 12.2. The average molecular weight is 437 g/mol. The molecule has 10 heteroatoms. The summed E-state index contributed by atoms with van der Waals surface area (Å²) in [6, 6.07) is 8.19. The van der Waals surface area contributed by atoms with Crippen molar-refractivity contribution in [1.82, 2.24) is 25.2 Å². The molecule has 2 N–H and O–H groups in total. The van der Waals surface area contributed by atoms with Crippen LogP contribution in [0.25, 0.3) is 0 Å². The number of rotatable bonds is 8. The molecule has 2 heterocycles. The zero-order valence-electron chi connectivity index (χ0n) is 16.5. The van der Waals surface area contributed by atoms with Crippen molar-refractivity contribution in [3.8, 4) is 0 Å². The SMILES string of the molecule is CCNC(=NCc1ccc(Cn2ccnc2)cc1)NCCc1nc(C(F)(F)F)cs1. The fraction of sp³-hybridized carbons (Fsp3) is 0.350. The number of benzene rings is 1. The first-order valence-electron chi connectivity index (χ1n) is 9.51. The van der Waals surface area contributed by atoms with Crippen molar-refractivity contribution in [2.45, 2.75) is 32.6 Å². The zero-order chi connectivity index (χ0) is 21.4. The van der Waals surface area contributed by atoms with Gasteiger partial charge in [0.15, 0.2) is 11.7 Å². The molecular formula is C20H23F3N6S. The normalized spacial score (nSPS) is 12.2. The van der Waals surface area contributed by atoms with Crippen LogP contribution in [0, 0.1) is 0 Å². The average Bonchev–Trinajstić information content (AvgIpc) is 3.39. The number of halogens is 3. The Balaban J connectivity index is 1.50. The lowest BCUT2D eigenvalue weighted by Crippen LogP contribution is -2.38. The minimum Gasteiger partial charge on any atom is -0.357 e. The van der Waals surface area contributed by atoms with E-state index in [1.54, 1.807) is 12.5 Å². The van der Waals surface area contributed by atoms with Gasteiger partial charge in [-0.3, -0.25) is 0 Å². The van der Waals surface area contributed by atoms with E-state index in [1.807, 2.05) is 29.8 Å². The molecule has 3 rings (SSSR count). The smallest absolute Gasteiger partial charge is 0.357 e. The molecule has 30 heavy (non-hydrogen) atoms. The van der Waals surface area contributed by atoms with Crippen LogP contribution in [0.3, 0.4) is 0 Å². The van der Waals surface area contributed by atoms with E-state index in [0.717, 1.165) is 28.8 Å². The van der Waals surface area contributed by atoms with Crippen LogP contribution in [0.2, 0.25) is 0 Å². The fourth-order valence-electron chi connectivity index (χ4n) is 2.70. The minimum absolute atomic E-state index is 0.397. The second-order valence-corrected chi connectivity index (χ2v) is 7.49. The van der Waals surface area contributed by atoms with E-state index in [1.165, 1.54) is 5.56 Å². The molecule has 0 saturated carbocycles. The number of hydrogen-bond donors (Lipinski definition) is 2. The molecule has 2 aromatic heterocycles. The van der Waals surface area contributed by atoms with Crippen molar-refractivity contribution in [3.05, 3.63) is 70.2 Å². The predicted octanol–water partition coefficient (Wildman–Crippen LogP) is 3.70. The minimum atomic E-state index is -4.40. The molecule has 0 unspecified atom stereocenters. The summed E-state index contributed by atoms with van der Waals surface area (Å²) in [7, 11) is 0. The highest BCUT2D eigenvalue weighted by Gasteiger charge is 2.33. The molecule has 0 fully saturated rings. The standard InChI is InChI=1S/C20H23F3N6S/c1-2-25-19(26-8-7-18-28-17(13-30-18)20(21,22)23)27-11-15-3-5-16(6-4-15)12-29-10-9-24-14-29/h3-6,9-10,13-14H,2,7-8,11-12H2,1H3,(H2,25,26,27). The Morgan fingerprint density at radius 2 is 1.93 bits per heavy atom. The Morgan fingerprint density at radius 1 is 1.17 bits per heavy atom. The van der Waals surface area contributed by atoms with Crippen LogP contribution in [-0.4, -0.2) is 33.6 Å². The molecule has 6 nitrogen and oxygen atoms in total. The number of guanidine groups is 1. The highest BCUT2D eigenvalue weighted by molar-refractivity contribution is 7.09. The number of hydrogen-bond acceptors (Lipinski definition) is 4. The number of aliphatic imine (C=N–C) groups is 1. The lowest BCUT2D eigenvalue weighted by Gasteiger charge is -2.11. The molecule has 0 aliphatic heterocycles. The van der Waals surface area contributed by atoms with Gasteiger partial charge in [0.25, 0.3) is 0 Å². The van der Waals surface area contributed by atoms with E-state index in [2.05, 4.69) is 37.7 Å². The van der Waals surface area contributed by atoms with E-state index >= 15 is 0 Å². The maximum Gasteiger partial charge on any atom is 0.434 e. The first-order valence-corrected chi connectivity index (χ1v) is 10.4. The van der Waals surface area contributed by atoms with Gasteiger partial charge in [-0.2, -0.15) is 13.2 Å². The Bertz CT molecular complexity index is 932. The van der Waals surface area contributed by atoms with Gasteiger partial charge in [-0.1, -0.05) is 24.3 Å². The highest BCUT2D eigenvalue weighted by atomic mass is 32.1. The first-order chi connectivity index (χ1) is 14.4. The summed E-state index contributed by atoms with van der Waals surface area (Å²) >= 11 is 1.02. The van der Waals surface area contributed by atoms with E-state index in [4.69, 9.17) is 0 Å². The van der Waals surface area contributed by atoms with Crippen molar-refractivity contribution >= 4 is 17.3 Å². The van der Waals surface area contributed by atoms with Crippen LogP contribution in [0.5, 0.6) is 0 Å². The van der Waals surface area contributed by atoms with Gasteiger partial charge in [0, 0.05) is 43.8 Å². The fourth-order valence-corrected chi connectivity index (χ4v) is 3.50. The van der Waals surface area contributed by atoms with Crippen LogP contribution in [0.1, 0.15) is 28.8 Å². The van der Waals surface area contributed by atoms with Gasteiger partial charge in [0.05, 0.1) is 17.9 Å². The van der Waals surface area contributed by atoms with Crippen LogP contribution in [-0.2, 0) is 25.7 Å². The molecule has 1 aromatic carbocycles. The summed E-state index contributed by atoms with van der Waals surface area (Å²) in [5.41, 5.74) is 1.41. The maximum absolute atomic E-state index is 12.6. The van der Waals surface area contributed by atoms with Gasteiger partial charge < -0.3 is 15.2 Å². The van der Waals surface area contributed by atoms with Gasteiger partial charge in [0.1, 0.15) is 0 Å². The molecule has 0 spiro atoms. The summed E-state index contributed by atoms with van der Waals surface area (Å²) in [6.45, 7) is 4.35. The van der Waals surface area contributed by atoms with Gasteiger partial charge in [-0.25, -0.2) is 15.0 Å². The third-order valence-corrected chi connectivity index (χ3v) is 5.09. The molecule has 0 saturated heterocycles. The molecule has 0 radical (unpaired) electrons. The summed E-state index contributed by atoms with van der Waals surface area (Å²) in [5.74, 6) is 0.618. The zero-order valence-corrected chi connectivity index (χ0v) is 17.3. The van der Waals surface area contributed by atoms with Gasteiger partial charge in [-0.05, 0) is 18.1 Å². The summed E-state index contributed by atoms with van der Waals surface area (Å²) in [6.07, 6.45) is 1.45. The Hall–Kier alpha value is -2.88. The van der Waals surface area contributed by atoms with Crippen molar-refractivity contribution < 1.29 is 13.2 Å². The van der Waals surface area contributed by atoms with E-state index in [-0.39, 0.29) is 0 Å². The Kier molecular flexibility index (Phi) is 7.45. The summed E-state index contributed by atoms with van der Waals surface area (Å²) in [5, 5.41) is 7.77. The second-order valence-electron chi connectivity index (χ2n) is 6.55. The Morgan fingerprint density at radius 3 is 2.57 bits per heavy atom. The van der Waals surface area contributed by atoms with Crippen molar-refractivity contribution in [2.24, 2.45) is 4.99 Å². The molecular weight excluding hydrogens is 413 g/mol. The van der Waals surface area contributed by atoms with Gasteiger partial charge in [-0.15, -0.1) is 11.3 Å². The molecule has 3 aromatic rings. The van der Waals surface area contributed by atoms with Crippen molar-refractivity contribution in [3.63, 3.8) is 0 Å². The molecule has 0 atom stereocenters. The van der Waals surface area contributed by atoms with E-state index < -0.39 is 11.9 Å². The van der Waals surface area contributed by atoms with Crippen molar-refractivity contribution in [2.75, 3.05) is 13.1 Å². The molecule has 0 aliphatic carbocycles. The topological polar surface area (TPSA) is 67.1 Å². The monoisotopic (exact) mass is 436 g/mol. The quantitative estimate of drug-likeness (QED) is 0.417. The molecule has 0 aliphatic rings. The highest BCUT2D eigenvalue weighted by Crippen LogP contribution is 2.29. The number of alkyl halides is 3. The van der Waals surface area contributed by atoms with Gasteiger partial charge in [0.2, 0.25) is 0 Å². The van der Waals surface area contributed by atoms with Crippen LogP contribution in [0.4, 0.5) is 13.2 Å². The van der Waals surface area contributed by atoms with Crippen LogP contribution in [0.15, 0.2) is 53.4 Å². The van der Waals surface area contributed by atoms with Crippen LogP contribution < -0.4 is 10.6 Å². The lowest BCUT2D eigenvalue weighted by atomic mass is 10.1. The second kappa shape index (κ2) is 10.2.